The Kier molecular flexibility index (Phi) is 2.69. The van der Waals surface area contributed by atoms with E-state index in [-0.39, 0.29) is 17.8 Å². The van der Waals surface area contributed by atoms with E-state index in [4.69, 9.17) is 4.74 Å². The molecule has 0 aromatic heterocycles. The number of hydrogen-bond acceptors (Lipinski definition) is 2. The standard InChI is InChI=1S/C10H14O2/c1-7-5-4-6-9(8(7)2)10(11)12-3/h4-5,8-9H,1,6H2,2-3H3. The molecular weight excluding hydrogens is 152 g/mol. The van der Waals surface area contributed by atoms with Gasteiger partial charge in [0, 0.05) is 0 Å². The highest BCUT2D eigenvalue weighted by molar-refractivity contribution is 5.73. The number of esters is 1. The Balaban J connectivity index is 2.73. The zero-order chi connectivity index (χ0) is 9.14. The number of allylic oxidation sites excluding steroid dienone is 3. The van der Waals surface area contributed by atoms with Crippen molar-refractivity contribution >= 4 is 5.97 Å². The van der Waals surface area contributed by atoms with Crippen LogP contribution in [0.5, 0.6) is 0 Å². The van der Waals surface area contributed by atoms with E-state index in [1.165, 1.54) is 7.11 Å². The normalized spacial score (nSPS) is 28.7. The number of rotatable bonds is 1. The average molecular weight is 166 g/mol. The van der Waals surface area contributed by atoms with Gasteiger partial charge >= 0.3 is 5.97 Å². The topological polar surface area (TPSA) is 26.3 Å². The molecule has 0 saturated carbocycles. The molecule has 2 nitrogen and oxygen atoms in total. The summed E-state index contributed by atoms with van der Waals surface area (Å²) in [5.41, 5.74) is 1.01. The van der Waals surface area contributed by atoms with Crippen molar-refractivity contribution in [3.63, 3.8) is 0 Å². The van der Waals surface area contributed by atoms with Crippen molar-refractivity contribution in [2.24, 2.45) is 11.8 Å². The molecule has 0 aromatic carbocycles. The molecule has 1 rings (SSSR count). The molecule has 2 unspecified atom stereocenters. The number of ether oxygens (including phenoxy) is 1. The summed E-state index contributed by atoms with van der Waals surface area (Å²) in [7, 11) is 1.43. The van der Waals surface area contributed by atoms with Crippen LogP contribution in [-0.4, -0.2) is 13.1 Å². The summed E-state index contributed by atoms with van der Waals surface area (Å²) in [4.78, 5) is 11.2. The Morgan fingerprint density at radius 2 is 2.42 bits per heavy atom. The average Bonchev–Trinajstić information content (AvgIpc) is 2.08. The van der Waals surface area contributed by atoms with Crippen LogP contribution < -0.4 is 0 Å². The fourth-order valence-electron chi connectivity index (χ4n) is 1.43. The highest BCUT2D eigenvalue weighted by Crippen LogP contribution is 2.28. The zero-order valence-electron chi connectivity index (χ0n) is 7.54. The highest BCUT2D eigenvalue weighted by Gasteiger charge is 2.27. The summed E-state index contributed by atoms with van der Waals surface area (Å²) < 4.78 is 4.69. The molecule has 1 aliphatic carbocycles. The van der Waals surface area contributed by atoms with Gasteiger partial charge in [-0.1, -0.05) is 31.2 Å². The van der Waals surface area contributed by atoms with Gasteiger partial charge in [0.1, 0.15) is 0 Å². The van der Waals surface area contributed by atoms with E-state index in [0.29, 0.717) is 0 Å². The first-order valence-electron chi connectivity index (χ1n) is 4.10. The summed E-state index contributed by atoms with van der Waals surface area (Å²) in [6, 6.07) is 0. The first kappa shape index (κ1) is 9.04. The number of carbonyl (C=O) groups is 1. The second-order valence-electron chi connectivity index (χ2n) is 3.13. The van der Waals surface area contributed by atoms with Crippen molar-refractivity contribution in [2.45, 2.75) is 13.3 Å². The van der Waals surface area contributed by atoms with Crippen LogP contribution >= 0.6 is 0 Å². The molecule has 2 heteroatoms. The molecule has 0 aromatic rings. The molecule has 0 fully saturated rings. The lowest BCUT2D eigenvalue weighted by Gasteiger charge is -2.24. The number of carbonyl (C=O) groups excluding carboxylic acids is 1. The molecule has 0 radical (unpaired) electrons. The summed E-state index contributed by atoms with van der Waals surface area (Å²) in [6.45, 7) is 5.87. The monoisotopic (exact) mass is 166 g/mol. The maximum absolute atomic E-state index is 11.2. The van der Waals surface area contributed by atoms with Gasteiger partial charge in [-0.15, -0.1) is 0 Å². The smallest absolute Gasteiger partial charge is 0.309 e. The number of hydrogen-bond donors (Lipinski definition) is 0. The fourth-order valence-corrected chi connectivity index (χ4v) is 1.43. The van der Waals surface area contributed by atoms with E-state index in [2.05, 4.69) is 6.58 Å². The van der Waals surface area contributed by atoms with Crippen LogP contribution in [0.3, 0.4) is 0 Å². The fraction of sp³-hybridized carbons (Fsp3) is 0.500. The van der Waals surface area contributed by atoms with Crippen LogP contribution in [0.4, 0.5) is 0 Å². The van der Waals surface area contributed by atoms with E-state index in [1.54, 1.807) is 0 Å². The minimum atomic E-state index is -0.131. The third-order valence-corrected chi connectivity index (χ3v) is 2.41. The lowest BCUT2D eigenvalue weighted by atomic mass is 9.82. The summed E-state index contributed by atoms with van der Waals surface area (Å²) in [6.07, 6.45) is 4.72. The van der Waals surface area contributed by atoms with Crippen LogP contribution in [0.2, 0.25) is 0 Å². The van der Waals surface area contributed by atoms with Crippen molar-refractivity contribution in [1.82, 2.24) is 0 Å². The molecule has 0 amide bonds. The van der Waals surface area contributed by atoms with Gasteiger partial charge in [0.2, 0.25) is 0 Å². The molecule has 0 bridgehead atoms. The van der Waals surface area contributed by atoms with Gasteiger partial charge in [-0.25, -0.2) is 0 Å². The third kappa shape index (κ3) is 1.58. The largest absolute Gasteiger partial charge is 0.469 e. The SMILES string of the molecule is C=C1C=CCC(C(=O)OC)C1C. The molecule has 12 heavy (non-hydrogen) atoms. The maximum atomic E-state index is 11.2. The number of methoxy groups -OCH3 is 1. The second kappa shape index (κ2) is 3.57. The van der Waals surface area contributed by atoms with Gasteiger partial charge in [-0.05, 0) is 12.3 Å². The van der Waals surface area contributed by atoms with Crippen molar-refractivity contribution in [1.29, 1.82) is 0 Å². The first-order chi connectivity index (χ1) is 5.66. The molecule has 1 aliphatic rings. The van der Waals surface area contributed by atoms with E-state index in [1.807, 2.05) is 19.1 Å². The first-order valence-corrected chi connectivity index (χ1v) is 4.10. The van der Waals surface area contributed by atoms with Crippen LogP contribution in [0.25, 0.3) is 0 Å². The molecule has 0 N–H and O–H groups in total. The lowest BCUT2D eigenvalue weighted by Crippen LogP contribution is -2.25. The third-order valence-electron chi connectivity index (χ3n) is 2.41. The summed E-state index contributed by atoms with van der Waals surface area (Å²) in [5, 5.41) is 0. The predicted octanol–water partition coefficient (Wildman–Crippen LogP) is 1.93. The molecular formula is C10H14O2. The van der Waals surface area contributed by atoms with Crippen molar-refractivity contribution < 1.29 is 9.53 Å². The second-order valence-corrected chi connectivity index (χ2v) is 3.13. The highest BCUT2D eigenvalue weighted by atomic mass is 16.5. The Morgan fingerprint density at radius 1 is 1.75 bits per heavy atom. The maximum Gasteiger partial charge on any atom is 0.309 e. The Morgan fingerprint density at radius 3 is 3.00 bits per heavy atom. The van der Waals surface area contributed by atoms with Gasteiger partial charge in [0.05, 0.1) is 13.0 Å². The molecule has 0 heterocycles. The van der Waals surface area contributed by atoms with E-state index in [0.717, 1.165) is 12.0 Å². The Labute approximate surface area is 72.9 Å². The van der Waals surface area contributed by atoms with Gasteiger partial charge < -0.3 is 4.74 Å². The van der Waals surface area contributed by atoms with Gasteiger partial charge in [0.25, 0.3) is 0 Å². The molecule has 2 atom stereocenters. The van der Waals surface area contributed by atoms with Gasteiger partial charge in [0.15, 0.2) is 0 Å². The van der Waals surface area contributed by atoms with Crippen LogP contribution in [0.15, 0.2) is 24.3 Å². The van der Waals surface area contributed by atoms with E-state index >= 15 is 0 Å². The zero-order valence-corrected chi connectivity index (χ0v) is 7.54. The minimum absolute atomic E-state index is 0.0347. The summed E-state index contributed by atoms with van der Waals surface area (Å²) in [5.74, 6) is 0.0444. The van der Waals surface area contributed by atoms with Gasteiger partial charge in [-0.3, -0.25) is 4.79 Å². The van der Waals surface area contributed by atoms with Crippen LogP contribution in [-0.2, 0) is 9.53 Å². The van der Waals surface area contributed by atoms with Crippen molar-refractivity contribution in [3.05, 3.63) is 24.3 Å². The van der Waals surface area contributed by atoms with Crippen LogP contribution in [0, 0.1) is 11.8 Å². The molecule has 0 saturated heterocycles. The van der Waals surface area contributed by atoms with Crippen molar-refractivity contribution in [2.75, 3.05) is 7.11 Å². The molecule has 0 aliphatic heterocycles. The molecule has 0 spiro atoms. The quantitative estimate of drug-likeness (QED) is 0.556. The lowest BCUT2D eigenvalue weighted by molar-refractivity contribution is -0.146. The Hall–Kier alpha value is -1.05. The van der Waals surface area contributed by atoms with Crippen LogP contribution in [0.1, 0.15) is 13.3 Å². The summed E-state index contributed by atoms with van der Waals surface area (Å²) >= 11 is 0. The Bertz CT molecular complexity index is 228. The van der Waals surface area contributed by atoms with Crippen molar-refractivity contribution in [3.8, 4) is 0 Å². The van der Waals surface area contributed by atoms with Gasteiger partial charge in [-0.2, -0.15) is 0 Å². The van der Waals surface area contributed by atoms with E-state index < -0.39 is 0 Å². The molecule has 66 valence electrons. The minimum Gasteiger partial charge on any atom is -0.469 e. The predicted molar refractivity (Wildman–Crippen MR) is 47.6 cm³/mol. The van der Waals surface area contributed by atoms with E-state index in [9.17, 15) is 4.79 Å².